The fraction of sp³-hybridized carbons (Fsp3) is 0.889. The van der Waals surface area contributed by atoms with Gasteiger partial charge in [-0.2, -0.15) is 0 Å². The molecule has 0 aliphatic carbocycles. The Morgan fingerprint density at radius 3 is 0.347 bits per heavy atom. The first-order valence-electron chi connectivity index (χ1n) is 28.2. The molecule has 0 fully saturated rings. The number of rotatable bonds is 36. The Kier molecular flexibility index (Phi) is 86.8. The van der Waals surface area contributed by atoms with Crippen molar-refractivity contribution >= 4 is 46.4 Å². The molecule has 0 spiro atoms. The van der Waals surface area contributed by atoms with E-state index in [9.17, 15) is 59.4 Å². The summed E-state index contributed by atoms with van der Waals surface area (Å²) in [5.74, 6) is 0. The molecule has 0 saturated carbocycles. The third-order valence-electron chi connectivity index (χ3n) is 10.9. The minimum atomic E-state index is -1.03. The second-order valence-corrected chi connectivity index (χ2v) is 17.8. The van der Waals surface area contributed by atoms with Crippen molar-refractivity contribution in [3.05, 3.63) is 0 Å². The standard InChI is InChI=1S/6C9H19NO2.2Mo.S/c6*1-3-5-7-10(9(11)12)8-6-4-2;;;/h6*3-8H2,1-2H3,(H,11,12);;;/q;;;;;;+2;+4;/p-6. The van der Waals surface area contributed by atoms with Crippen LogP contribution in [0.1, 0.15) is 237 Å². The number of carbonyl (C=O) groups is 6. The molecule has 21 heteroatoms. The molecule has 18 nitrogen and oxygen atoms in total. The average molecular weight is 1260 g/mol. The van der Waals surface area contributed by atoms with Crippen LogP contribution in [0.2, 0.25) is 0 Å². The van der Waals surface area contributed by atoms with Crippen molar-refractivity contribution in [2.45, 2.75) is 237 Å². The molecule has 75 heavy (non-hydrogen) atoms. The van der Waals surface area contributed by atoms with Gasteiger partial charge in [0.05, 0.1) is 0 Å². The van der Waals surface area contributed by atoms with Gasteiger partial charge in [0.1, 0.15) is 36.6 Å². The zero-order valence-corrected chi connectivity index (χ0v) is 54.1. The van der Waals surface area contributed by atoms with E-state index in [1.165, 1.54) is 47.4 Å². The van der Waals surface area contributed by atoms with Crippen molar-refractivity contribution in [3.8, 4) is 0 Å². The summed E-state index contributed by atoms with van der Waals surface area (Å²) in [5.41, 5.74) is 0. The Morgan fingerprint density at radius 2 is 0.307 bits per heavy atom. The second kappa shape index (κ2) is 73.3. The topological polar surface area (TPSA) is 260 Å². The third kappa shape index (κ3) is 71.2. The Labute approximate surface area is 487 Å². The Morgan fingerprint density at radius 1 is 0.240 bits per heavy atom. The van der Waals surface area contributed by atoms with Gasteiger partial charge in [0.25, 0.3) is 0 Å². The van der Waals surface area contributed by atoms with Crippen molar-refractivity contribution in [2.24, 2.45) is 0 Å². The van der Waals surface area contributed by atoms with Gasteiger partial charge in [-0.05, 0) is 77.0 Å². The maximum atomic E-state index is 10.5. The molecule has 0 aromatic heterocycles. The normalized spacial score (nSPS) is 9.48. The summed E-state index contributed by atoms with van der Waals surface area (Å²) in [4.78, 5) is 71.5. The van der Waals surface area contributed by atoms with Gasteiger partial charge >= 0.3 is 48.9 Å². The van der Waals surface area contributed by atoms with Gasteiger partial charge < -0.3 is 88.8 Å². The van der Waals surface area contributed by atoms with Crippen LogP contribution in [-0.4, -0.2) is 144 Å². The molecule has 6 amide bonds. The number of carbonyl (C=O) groups excluding carboxylic acids is 6. The molecule has 0 rings (SSSR count). The third-order valence-corrected chi connectivity index (χ3v) is 10.9. The van der Waals surface area contributed by atoms with Crippen LogP contribution in [0, 0.1) is 0 Å². The first-order valence-corrected chi connectivity index (χ1v) is 31.0. The fourth-order valence-electron chi connectivity index (χ4n) is 5.95. The van der Waals surface area contributed by atoms with Crippen LogP contribution in [-0.2, 0) is 39.1 Å². The van der Waals surface area contributed by atoms with Crippen molar-refractivity contribution in [1.29, 1.82) is 0 Å². The van der Waals surface area contributed by atoms with E-state index < -0.39 is 36.6 Å². The van der Waals surface area contributed by atoms with Gasteiger partial charge in [-0.15, -0.1) is 0 Å². The van der Waals surface area contributed by atoms with Crippen LogP contribution in [0.15, 0.2) is 0 Å². The van der Waals surface area contributed by atoms with Gasteiger partial charge in [-0.25, -0.2) is 0 Å². The average Bonchev–Trinajstić information content (AvgIpc) is 3.37. The molecule has 0 atom stereocenters. The fourth-order valence-corrected chi connectivity index (χ4v) is 5.95. The molecule has 0 saturated heterocycles. The van der Waals surface area contributed by atoms with E-state index in [1.54, 1.807) is 0 Å². The van der Waals surface area contributed by atoms with Gasteiger partial charge in [0, 0.05) is 78.5 Å². The van der Waals surface area contributed by atoms with Crippen LogP contribution in [0.4, 0.5) is 28.8 Å². The summed E-state index contributed by atoms with van der Waals surface area (Å²) in [6.07, 6.45) is 17.2. The van der Waals surface area contributed by atoms with Crippen LogP contribution >= 0.6 is 9.82 Å². The van der Waals surface area contributed by atoms with E-state index in [2.05, 4.69) is 9.82 Å². The summed E-state index contributed by atoms with van der Waals surface area (Å²) in [5, 5.41) is 63.2. The summed E-state index contributed by atoms with van der Waals surface area (Å²) >= 11 is 1.53. The van der Waals surface area contributed by atoms with E-state index in [0.717, 1.165) is 154 Å². The van der Waals surface area contributed by atoms with E-state index in [-0.39, 0.29) is 21.1 Å². The molecule has 0 N–H and O–H groups in total. The first kappa shape index (κ1) is 88.8. The zero-order chi connectivity index (χ0) is 58.4. The summed E-state index contributed by atoms with van der Waals surface area (Å²) in [6.45, 7) is 32.1. The second-order valence-electron chi connectivity index (χ2n) is 17.8. The van der Waals surface area contributed by atoms with Crippen molar-refractivity contribution < 1.29 is 98.5 Å². The molecular weight excluding hydrogens is 1150 g/mol. The first-order chi connectivity index (χ1) is 35.3. The van der Waals surface area contributed by atoms with Gasteiger partial charge in [0.2, 0.25) is 0 Å². The van der Waals surface area contributed by atoms with Crippen LogP contribution in [0.3, 0.4) is 0 Å². The van der Waals surface area contributed by atoms with E-state index in [0.29, 0.717) is 78.5 Å². The van der Waals surface area contributed by atoms with Crippen LogP contribution in [0.25, 0.3) is 0 Å². The van der Waals surface area contributed by atoms with E-state index in [4.69, 9.17) is 0 Å². The predicted molar refractivity (Wildman–Crippen MR) is 288 cm³/mol. The molecule has 444 valence electrons. The predicted octanol–water partition coefficient (Wildman–Crippen LogP) is 8.03. The molecule has 0 heterocycles. The molecule has 0 unspecified atom stereocenters. The van der Waals surface area contributed by atoms with Crippen LogP contribution < -0.4 is 30.6 Å². The SMILES string of the molecule is CCCCN(CCCC)C(=O)[O-].CCCCN(CCCC)C(=O)[O-].CCCCN(CCCC)C(=O)[O-].CCCCN(CCCC)C(=O)[O-].CCCCN(CCCC)C(=O)[O-].CCCCN(CCCC)C(=O)[O-].[Mo+4].[S]=[Mo+2]. The minimum absolute atomic E-state index is 0. The summed E-state index contributed by atoms with van der Waals surface area (Å²) in [7, 11) is 4.09. The Balaban J connectivity index is -0.000000119. The van der Waals surface area contributed by atoms with Gasteiger partial charge in [-0.3, -0.25) is 0 Å². The van der Waals surface area contributed by atoms with Crippen LogP contribution in [0.5, 0.6) is 0 Å². The van der Waals surface area contributed by atoms with Gasteiger partial charge in [0.15, 0.2) is 0 Å². The Hall–Kier alpha value is -2.78. The monoisotopic (exact) mass is 1260 g/mol. The summed E-state index contributed by atoms with van der Waals surface area (Å²) in [6, 6.07) is 0. The molecule has 0 radical (unpaired) electrons. The van der Waals surface area contributed by atoms with E-state index >= 15 is 0 Å². The Bertz CT molecular complexity index is 976. The number of hydrogen-bond acceptors (Lipinski definition) is 13. The number of amides is 6. The molecule has 0 bridgehead atoms. The maximum absolute atomic E-state index is 10.5. The van der Waals surface area contributed by atoms with E-state index in [1.807, 2.05) is 83.1 Å². The zero-order valence-electron chi connectivity index (χ0n) is 49.3. The number of nitrogens with zero attached hydrogens (tertiary/aromatic N) is 6. The van der Waals surface area contributed by atoms with Gasteiger partial charge in [-0.1, -0.05) is 160 Å². The van der Waals surface area contributed by atoms with Crippen molar-refractivity contribution in [2.75, 3.05) is 78.5 Å². The number of unbranched alkanes of at least 4 members (excludes halogenated alkanes) is 12. The number of carboxylic acid groups (broad SMARTS) is 6. The molecular formula is C54H108Mo2N6O12S. The molecule has 0 aliphatic heterocycles. The summed E-state index contributed by atoms with van der Waals surface area (Å²) < 4.78 is 0. The van der Waals surface area contributed by atoms with Crippen molar-refractivity contribution in [1.82, 2.24) is 29.4 Å². The molecule has 0 aromatic carbocycles. The number of hydrogen-bond donors (Lipinski definition) is 0. The molecule has 0 aliphatic rings. The molecule has 0 aromatic rings. The quantitative estimate of drug-likeness (QED) is 0.0539. The van der Waals surface area contributed by atoms with Crippen molar-refractivity contribution in [3.63, 3.8) is 0 Å².